The van der Waals surface area contributed by atoms with E-state index in [-0.39, 0.29) is 0 Å². The van der Waals surface area contributed by atoms with Crippen LogP contribution in [0.5, 0.6) is 5.75 Å². The van der Waals surface area contributed by atoms with Crippen LogP contribution in [0.2, 0.25) is 0 Å². The van der Waals surface area contributed by atoms with E-state index in [1.165, 1.54) is 11.1 Å². The number of nitrogens with one attached hydrogen (secondary N) is 1. The average molecular weight is 235 g/mol. The van der Waals surface area contributed by atoms with Crippen LogP contribution >= 0.6 is 0 Å². The molecule has 2 rings (SSSR count). The third kappa shape index (κ3) is 2.79. The zero-order chi connectivity index (χ0) is 12.1. The van der Waals surface area contributed by atoms with Crippen LogP contribution < -0.4 is 10.1 Å². The largest absolute Gasteiger partial charge is 0.496 e. The summed E-state index contributed by atoms with van der Waals surface area (Å²) in [5.41, 5.74) is 2.66. The Bertz CT molecular complexity index is 365. The van der Waals surface area contributed by atoms with Crippen LogP contribution in [0.25, 0.3) is 0 Å². The van der Waals surface area contributed by atoms with Gasteiger partial charge >= 0.3 is 0 Å². The SMILES string of the molecule is CCCOCC1NCCc2c(OC)cccc21. The van der Waals surface area contributed by atoms with Crippen LogP contribution in [0.4, 0.5) is 0 Å². The maximum absolute atomic E-state index is 5.65. The standard InChI is InChI=1S/C14H21NO2/c1-3-9-17-10-13-11-5-4-6-14(16-2)12(11)7-8-15-13/h4-6,13,15H,3,7-10H2,1-2H3. The van der Waals surface area contributed by atoms with Crippen LogP contribution in [0.1, 0.15) is 30.5 Å². The summed E-state index contributed by atoms with van der Waals surface area (Å²) in [6.07, 6.45) is 2.10. The molecule has 0 radical (unpaired) electrons. The van der Waals surface area contributed by atoms with Gasteiger partial charge in [0.05, 0.1) is 19.8 Å². The summed E-state index contributed by atoms with van der Waals surface area (Å²) in [4.78, 5) is 0. The quantitative estimate of drug-likeness (QED) is 0.794. The van der Waals surface area contributed by atoms with Gasteiger partial charge in [0.15, 0.2) is 0 Å². The fourth-order valence-corrected chi connectivity index (χ4v) is 2.34. The van der Waals surface area contributed by atoms with E-state index in [1.54, 1.807) is 7.11 Å². The number of fused-ring (bicyclic) bond motifs is 1. The topological polar surface area (TPSA) is 30.5 Å². The monoisotopic (exact) mass is 235 g/mol. The lowest BCUT2D eigenvalue weighted by molar-refractivity contribution is 0.110. The molecule has 94 valence electrons. The highest BCUT2D eigenvalue weighted by atomic mass is 16.5. The first-order valence-corrected chi connectivity index (χ1v) is 6.33. The molecule has 0 fully saturated rings. The number of hydrogen-bond donors (Lipinski definition) is 1. The van der Waals surface area contributed by atoms with Gasteiger partial charge in [0.25, 0.3) is 0 Å². The highest BCUT2D eigenvalue weighted by Crippen LogP contribution is 2.30. The Hall–Kier alpha value is -1.06. The number of ether oxygens (including phenoxy) is 2. The van der Waals surface area contributed by atoms with E-state index in [9.17, 15) is 0 Å². The minimum Gasteiger partial charge on any atom is -0.496 e. The van der Waals surface area contributed by atoms with E-state index in [1.807, 2.05) is 6.07 Å². The molecule has 1 aromatic carbocycles. The molecular formula is C14H21NO2. The molecule has 1 N–H and O–H groups in total. The van der Waals surface area contributed by atoms with Crippen molar-refractivity contribution in [2.45, 2.75) is 25.8 Å². The predicted octanol–water partition coefficient (Wildman–Crippen LogP) is 2.31. The van der Waals surface area contributed by atoms with Crippen LogP contribution in [0.15, 0.2) is 18.2 Å². The number of methoxy groups -OCH3 is 1. The second-order valence-corrected chi connectivity index (χ2v) is 4.36. The molecule has 0 saturated carbocycles. The summed E-state index contributed by atoms with van der Waals surface area (Å²) in [6.45, 7) is 4.70. The van der Waals surface area contributed by atoms with E-state index < -0.39 is 0 Å². The van der Waals surface area contributed by atoms with Gasteiger partial charge in [-0.25, -0.2) is 0 Å². The van der Waals surface area contributed by atoms with Crippen molar-refractivity contribution in [3.8, 4) is 5.75 Å². The van der Waals surface area contributed by atoms with Crippen molar-refractivity contribution in [1.29, 1.82) is 0 Å². The molecule has 0 aromatic heterocycles. The first kappa shape index (κ1) is 12.4. The molecule has 1 aliphatic heterocycles. The number of rotatable bonds is 5. The normalized spacial score (nSPS) is 18.8. The van der Waals surface area contributed by atoms with Crippen molar-refractivity contribution in [3.05, 3.63) is 29.3 Å². The molecule has 0 spiro atoms. The highest BCUT2D eigenvalue weighted by molar-refractivity contribution is 5.43. The van der Waals surface area contributed by atoms with Crippen LogP contribution in [0, 0.1) is 0 Å². The average Bonchev–Trinajstić information content (AvgIpc) is 2.38. The van der Waals surface area contributed by atoms with Crippen molar-refractivity contribution < 1.29 is 9.47 Å². The first-order valence-electron chi connectivity index (χ1n) is 6.33. The molecule has 0 saturated heterocycles. The Morgan fingerprint density at radius 3 is 3.06 bits per heavy atom. The minimum absolute atomic E-state index is 0.306. The summed E-state index contributed by atoms with van der Waals surface area (Å²) in [5, 5.41) is 3.50. The van der Waals surface area contributed by atoms with Gasteiger partial charge in [0.1, 0.15) is 5.75 Å². The van der Waals surface area contributed by atoms with E-state index in [0.717, 1.165) is 38.3 Å². The predicted molar refractivity (Wildman–Crippen MR) is 68.6 cm³/mol. The molecule has 0 bridgehead atoms. The Kier molecular flexibility index (Phi) is 4.40. The van der Waals surface area contributed by atoms with Gasteiger partial charge in [-0.1, -0.05) is 19.1 Å². The smallest absolute Gasteiger partial charge is 0.122 e. The van der Waals surface area contributed by atoms with Gasteiger partial charge in [-0.05, 0) is 31.0 Å². The minimum atomic E-state index is 0.306. The molecule has 17 heavy (non-hydrogen) atoms. The highest BCUT2D eigenvalue weighted by Gasteiger charge is 2.21. The third-order valence-electron chi connectivity index (χ3n) is 3.16. The Morgan fingerprint density at radius 2 is 2.29 bits per heavy atom. The van der Waals surface area contributed by atoms with Gasteiger partial charge in [0, 0.05) is 12.2 Å². The molecule has 0 aliphatic carbocycles. The molecule has 1 unspecified atom stereocenters. The zero-order valence-corrected chi connectivity index (χ0v) is 10.7. The molecule has 1 atom stereocenters. The number of hydrogen-bond acceptors (Lipinski definition) is 3. The second kappa shape index (κ2) is 6.03. The Balaban J connectivity index is 2.13. The van der Waals surface area contributed by atoms with E-state index >= 15 is 0 Å². The summed E-state index contributed by atoms with van der Waals surface area (Å²) < 4.78 is 11.1. The van der Waals surface area contributed by atoms with Crippen LogP contribution in [0.3, 0.4) is 0 Å². The number of benzene rings is 1. The van der Waals surface area contributed by atoms with Gasteiger partial charge in [-0.2, -0.15) is 0 Å². The summed E-state index contributed by atoms with van der Waals surface area (Å²) in [6, 6.07) is 6.57. The molecular weight excluding hydrogens is 214 g/mol. The van der Waals surface area contributed by atoms with Crippen molar-refractivity contribution in [3.63, 3.8) is 0 Å². The molecule has 1 heterocycles. The zero-order valence-electron chi connectivity index (χ0n) is 10.7. The fourth-order valence-electron chi connectivity index (χ4n) is 2.34. The van der Waals surface area contributed by atoms with Crippen molar-refractivity contribution in [2.24, 2.45) is 0 Å². The van der Waals surface area contributed by atoms with Crippen molar-refractivity contribution in [1.82, 2.24) is 5.32 Å². The van der Waals surface area contributed by atoms with E-state index in [0.29, 0.717) is 6.04 Å². The molecule has 3 heteroatoms. The van der Waals surface area contributed by atoms with Crippen molar-refractivity contribution >= 4 is 0 Å². The molecule has 0 amide bonds. The Labute approximate surface area is 103 Å². The van der Waals surface area contributed by atoms with Gasteiger partial charge in [-0.3, -0.25) is 0 Å². The van der Waals surface area contributed by atoms with Gasteiger partial charge < -0.3 is 14.8 Å². The van der Waals surface area contributed by atoms with E-state index in [4.69, 9.17) is 9.47 Å². The second-order valence-electron chi connectivity index (χ2n) is 4.36. The van der Waals surface area contributed by atoms with Gasteiger partial charge in [-0.15, -0.1) is 0 Å². The molecule has 1 aromatic rings. The van der Waals surface area contributed by atoms with Crippen molar-refractivity contribution in [2.75, 3.05) is 26.9 Å². The van der Waals surface area contributed by atoms with E-state index in [2.05, 4.69) is 24.4 Å². The lowest BCUT2D eigenvalue weighted by Crippen LogP contribution is -2.33. The third-order valence-corrected chi connectivity index (χ3v) is 3.16. The first-order chi connectivity index (χ1) is 8.36. The van der Waals surface area contributed by atoms with Gasteiger partial charge in [0.2, 0.25) is 0 Å². The molecule has 1 aliphatic rings. The maximum Gasteiger partial charge on any atom is 0.122 e. The Morgan fingerprint density at radius 1 is 1.41 bits per heavy atom. The van der Waals surface area contributed by atoms with Crippen LogP contribution in [-0.2, 0) is 11.2 Å². The maximum atomic E-state index is 5.65. The summed E-state index contributed by atoms with van der Waals surface area (Å²) in [7, 11) is 1.74. The summed E-state index contributed by atoms with van der Waals surface area (Å²) >= 11 is 0. The lowest BCUT2D eigenvalue weighted by atomic mass is 9.94. The molecule has 3 nitrogen and oxygen atoms in total. The summed E-state index contributed by atoms with van der Waals surface area (Å²) in [5.74, 6) is 1.00. The lowest BCUT2D eigenvalue weighted by Gasteiger charge is -2.28. The fraction of sp³-hybridized carbons (Fsp3) is 0.571. The van der Waals surface area contributed by atoms with Crippen LogP contribution in [-0.4, -0.2) is 26.9 Å².